The van der Waals surface area contributed by atoms with Gasteiger partial charge in [0.05, 0.1) is 39.3 Å². The predicted molar refractivity (Wildman–Crippen MR) is 172 cm³/mol. The Balaban J connectivity index is 1.59. The molecule has 0 atom stereocenters. The Bertz CT molecular complexity index is 1970. The Morgan fingerprint density at radius 3 is 2.51 bits per heavy atom. The summed E-state index contributed by atoms with van der Waals surface area (Å²) in [5.41, 5.74) is 1.08. The van der Waals surface area contributed by atoms with E-state index in [0.717, 1.165) is 27.9 Å². The average Bonchev–Trinajstić information content (AvgIpc) is 3.02. The summed E-state index contributed by atoms with van der Waals surface area (Å²) in [5.74, 6) is 0.883. The molecule has 0 fully saturated rings. The van der Waals surface area contributed by atoms with Gasteiger partial charge in [0.1, 0.15) is 6.61 Å². The van der Waals surface area contributed by atoms with Crippen LogP contribution in [0.5, 0.6) is 11.5 Å². The number of allylic oxidation sites excluding steroid dienone is 1. The maximum absolute atomic E-state index is 13.6. The first kappa shape index (κ1) is 31.8. The number of halogens is 5. The van der Waals surface area contributed by atoms with Gasteiger partial charge in [0.25, 0.3) is 5.56 Å². The second-order valence-corrected chi connectivity index (χ2v) is 10.7. The SMILES string of the molecule is C=CCc1cc(C=Nn2c(-c3cccc(C(F)(F)F)c3)nc3ccccc3c2=O)cc(OCC)c1OCc1ccc(Cl)c(Cl)c1. The third-order valence-corrected chi connectivity index (χ3v) is 7.45. The highest BCUT2D eigenvalue weighted by molar-refractivity contribution is 6.42. The fourth-order valence-corrected chi connectivity index (χ4v) is 4.97. The minimum Gasteiger partial charge on any atom is -0.490 e. The van der Waals surface area contributed by atoms with Gasteiger partial charge in [-0.2, -0.15) is 22.9 Å². The summed E-state index contributed by atoms with van der Waals surface area (Å²) >= 11 is 12.2. The zero-order chi connectivity index (χ0) is 32.1. The molecule has 1 aromatic heterocycles. The first-order valence-corrected chi connectivity index (χ1v) is 14.6. The topological polar surface area (TPSA) is 65.7 Å². The van der Waals surface area contributed by atoms with E-state index in [-0.39, 0.29) is 23.4 Å². The second-order valence-electron chi connectivity index (χ2n) is 9.86. The molecule has 0 aliphatic heterocycles. The lowest BCUT2D eigenvalue weighted by Gasteiger charge is -2.17. The molecule has 5 rings (SSSR count). The van der Waals surface area contributed by atoms with Crippen LogP contribution >= 0.6 is 23.2 Å². The number of rotatable bonds is 10. The minimum absolute atomic E-state index is 0.0426. The molecule has 1 heterocycles. The molecule has 0 saturated heterocycles. The molecule has 0 radical (unpaired) electrons. The lowest BCUT2D eigenvalue weighted by molar-refractivity contribution is -0.137. The fourth-order valence-electron chi connectivity index (χ4n) is 4.65. The van der Waals surface area contributed by atoms with Crippen molar-refractivity contribution in [1.82, 2.24) is 9.66 Å². The smallest absolute Gasteiger partial charge is 0.416 e. The number of ether oxygens (including phenoxy) is 2. The number of hydrogen-bond acceptors (Lipinski definition) is 5. The monoisotopic (exact) mass is 651 g/mol. The molecule has 4 aromatic carbocycles. The maximum Gasteiger partial charge on any atom is 0.416 e. The van der Waals surface area contributed by atoms with Gasteiger partial charge in [0.2, 0.25) is 0 Å². The van der Waals surface area contributed by atoms with E-state index in [4.69, 9.17) is 32.7 Å². The van der Waals surface area contributed by atoms with Gasteiger partial charge in [0.15, 0.2) is 17.3 Å². The minimum atomic E-state index is -4.58. The van der Waals surface area contributed by atoms with Gasteiger partial charge in [-0.1, -0.05) is 59.6 Å². The number of fused-ring (bicyclic) bond motifs is 1. The Hall–Kier alpha value is -4.60. The van der Waals surface area contributed by atoms with Crippen molar-refractivity contribution in [3.05, 3.63) is 134 Å². The summed E-state index contributed by atoms with van der Waals surface area (Å²) < 4.78 is 53.7. The summed E-state index contributed by atoms with van der Waals surface area (Å²) in [6.07, 6.45) is -1.03. The molecule has 0 bridgehead atoms. The van der Waals surface area contributed by atoms with Crippen molar-refractivity contribution in [2.24, 2.45) is 5.10 Å². The van der Waals surface area contributed by atoms with Crippen LogP contribution in [0.15, 0.2) is 101 Å². The Morgan fingerprint density at radius 2 is 1.78 bits per heavy atom. The number of alkyl halides is 3. The second kappa shape index (κ2) is 13.6. The highest BCUT2D eigenvalue weighted by Gasteiger charge is 2.31. The summed E-state index contributed by atoms with van der Waals surface area (Å²) in [6, 6.07) is 19.9. The normalized spacial score (nSPS) is 11.7. The fraction of sp³-hybridized carbons (Fsp3) is 0.147. The highest BCUT2D eigenvalue weighted by atomic mass is 35.5. The van der Waals surface area contributed by atoms with Gasteiger partial charge in [-0.05, 0) is 73.0 Å². The number of hydrogen-bond donors (Lipinski definition) is 0. The van der Waals surface area contributed by atoms with Gasteiger partial charge in [0, 0.05) is 11.1 Å². The molecule has 0 unspecified atom stereocenters. The van der Waals surface area contributed by atoms with Crippen LogP contribution < -0.4 is 15.0 Å². The van der Waals surface area contributed by atoms with E-state index in [1.165, 1.54) is 18.3 Å². The predicted octanol–water partition coefficient (Wildman–Crippen LogP) is 8.98. The Morgan fingerprint density at radius 1 is 0.978 bits per heavy atom. The summed E-state index contributed by atoms with van der Waals surface area (Å²) in [4.78, 5) is 18.1. The van der Waals surface area contributed by atoms with E-state index in [1.54, 1.807) is 60.7 Å². The van der Waals surface area contributed by atoms with Crippen LogP contribution in [-0.4, -0.2) is 22.5 Å². The molecule has 5 aromatic rings. The van der Waals surface area contributed by atoms with Crippen LogP contribution in [0.25, 0.3) is 22.3 Å². The molecule has 11 heteroatoms. The van der Waals surface area contributed by atoms with Gasteiger partial charge in [-0.25, -0.2) is 4.98 Å². The van der Waals surface area contributed by atoms with E-state index >= 15 is 0 Å². The van der Waals surface area contributed by atoms with E-state index in [1.807, 2.05) is 6.92 Å². The van der Waals surface area contributed by atoms with E-state index < -0.39 is 17.3 Å². The molecule has 6 nitrogen and oxygen atoms in total. The quantitative estimate of drug-likeness (QED) is 0.112. The van der Waals surface area contributed by atoms with Crippen LogP contribution in [0, 0.1) is 0 Å². The molecule has 0 spiro atoms. The number of para-hydroxylation sites is 1. The van der Waals surface area contributed by atoms with Crippen molar-refractivity contribution >= 4 is 40.3 Å². The van der Waals surface area contributed by atoms with Gasteiger partial charge in [-0.15, -0.1) is 6.58 Å². The molecule has 0 aliphatic carbocycles. The summed E-state index contributed by atoms with van der Waals surface area (Å²) in [5, 5.41) is 5.53. The van der Waals surface area contributed by atoms with E-state index in [9.17, 15) is 18.0 Å². The van der Waals surface area contributed by atoms with Gasteiger partial charge >= 0.3 is 6.18 Å². The molecule has 0 amide bonds. The van der Waals surface area contributed by atoms with Gasteiger partial charge in [-0.3, -0.25) is 4.79 Å². The van der Waals surface area contributed by atoms with Crippen molar-refractivity contribution in [2.45, 2.75) is 26.1 Å². The van der Waals surface area contributed by atoms with Crippen LogP contribution in [-0.2, 0) is 19.2 Å². The molecule has 45 heavy (non-hydrogen) atoms. The van der Waals surface area contributed by atoms with Crippen molar-refractivity contribution in [1.29, 1.82) is 0 Å². The van der Waals surface area contributed by atoms with Crippen LogP contribution in [0.4, 0.5) is 13.2 Å². The maximum atomic E-state index is 13.6. The lowest BCUT2D eigenvalue weighted by Crippen LogP contribution is -2.20. The molecule has 0 N–H and O–H groups in total. The summed E-state index contributed by atoms with van der Waals surface area (Å²) in [7, 11) is 0. The van der Waals surface area contributed by atoms with Crippen molar-refractivity contribution in [2.75, 3.05) is 6.61 Å². The standard InChI is InChI=1S/C34H26Cl2F3N3O3/c1-3-8-23-15-22(17-30(44-4-2)31(23)45-20-21-13-14-27(35)28(36)16-21)19-40-42-32(24-9-7-10-25(18-24)34(37,38)39)41-29-12-6-5-11-26(29)33(42)43/h3,5-7,9-19H,1,4,8,20H2,2H3. The third kappa shape index (κ3) is 7.21. The number of benzene rings is 4. The number of aromatic nitrogens is 2. The van der Waals surface area contributed by atoms with Crippen LogP contribution in [0.2, 0.25) is 10.0 Å². The first-order valence-electron chi connectivity index (χ1n) is 13.8. The van der Waals surface area contributed by atoms with Crippen molar-refractivity contribution in [3.8, 4) is 22.9 Å². The zero-order valence-electron chi connectivity index (χ0n) is 23.9. The lowest BCUT2D eigenvalue weighted by atomic mass is 10.1. The molecule has 0 saturated carbocycles. The van der Waals surface area contributed by atoms with Crippen molar-refractivity contribution in [3.63, 3.8) is 0 Å². The van der Waals surface area contributed by atoms with Crippen LogP contribution in [0.3, 0.4) is 0 Å². The van der Waals surface area contributed by atoms with E-state index in [0.29, 0.717) is 45.7 Å². The molecule has 230 valence electrons. The largest absolute Gasteiger partial charge is 0.490 e. The Labute approximate surface area is 267 Å². The average molecular weight is 653 g/mol. The first-order chi connectivity index (χ1) is 21.6. The van der Waals surface area contributed by atoms with Gasteiger partial charge < -0.3 is 9.47 Å². The molecular formula is C34H26Cl2F3N3O3. The number of nitrogens with zero attached hydrogens (tertiary/aromatic N) is 3. The van der Waals surface area contributed by atoms with Crippen molar-refractivity contribution < 1.29 is 22.6 Å². The highest BCUT2D eigenvalue weighted by Crippen LogP contribution is 2.35. The third-order valence-electron chi connectivity index (χ3n) is 6.71. The molecule has 0 aliphatic rings. The van der Waals surface area contributed by atoms with E-state index in [2.05, 4.69) is 16.7 Å². The van der Waals surface area contributed by atoms with Crippen LogP contribution in [0.1, 0.15) is 29.2 Å². The zero-order valence-corrected chi connectivity index (χ0v) is 25.5. The summed E-state index contributed by atoms with van der Waals surface area (Å²) in [6.45, 7) is 6.21. The Kier molecular flexibility index (Phi) is 9.60. The molecular weight excluding hydrogens is 626 g/mol.